The van der Waals surface area contributed by atoms with Crippen molar-refractivity contribution < 1.29 is 19.4 Å². The number of primary amides is 1. The molecule has 0 aliphatic rings. The van der Waals surface area contributed by atoms with Crippen molar-refractivity contribution in [2.75, 3.05) is 13.2 Å². The molecule has 0 fully saturated rings. The number of aliphatic hydroxyl groups is 1. The molecule has 3 N–H and O–H groups in total. The lowest BCUT2D eigenvalue weighted by atomic mass is 10.3. The van der Waals surface area contributed by atoms with E-state index < -0.39 is 12.2 Å². The van der Waals surface area contributed by atoms with Crippen molar-refractivity contribution in [1.82, 2.24) is 0 Å². The molecule has 0 aromatic heterocycles. The Hall–Kier alpha value is -1.46. The van der Waals surface area contributed by atoms with Crippen LogP contribution < -0.4 is 10.5 Å². The van der Waals surface area contributed by atoms with Gasteiger partial charge in [0.25, 0.3) is 0 Å². The van der Waals surface area contributed by atoms with Crippen LogP contribution in [0.3, 0.4) is 0 Å². The second kappa shape index (κ2) is 6.19. The van der Waals surface area contributed by atoms with Crippen molar-refractivity contribution >= 4 is 17.7 Å². The third kappa shape index (κ3) is 4.86. The Morgan fingerprint density at radius 1 is 1.38 bits per heavy atom. The normalized spacial score (nSPS) is 11.9. The summed E-state index contributed by atoms with van der Waals surface area (Å²) in [5.74, 6) is 0.572. The Labute approximate surface area is 97.7 Å². The fraction of sp³-hybridized carbons (Fsp3) is 0.300. The quantitative estimate of drug-likeness (QED) is 0.816. The minimum Gasteiger partial charge on any atom is -0.491 e. The Kier molecular flexibility index (Phi) is 4.88. The summed E-state index contributed by atoms with van der Waals surface area (Å²) < 4.78 is 9.61. The summed E-state index contributed by atoms with van der Waals surface area (Å²) in [7, 11) is 0. The summed E-state index contributed by atoms with van der Waals surface area (Å²) in [4.78, 5) is 10.2. The number of aliphatic hydroxyl groups excluding tert-OH is 1. The molecule has 88 valence electrons. The SMILES string of the molecule is NC(=O)OC[C@@H](O)COc1ccc(Cl)cc1. The highest BCUT2D eigenvalue weighted by Gasteiger charge is 2.07. The van der Waals surface area contributed by atoms with E-state index in [9.17, 15) is 9.90 Å². The minimum atomic E-state index is -0.925. The number of nitrogens with two attached hydrogens (primary N) is 1. The summed E-state index contributed by atoms with van der Waals surface area (Å²) in [5.41, 5.74) is 4.74. The molecule has 5 nitrogen and oxygen atoms in total. The maximum atomic E-state index is 10.2. The van der Waals surface area contributed by atoms with Gasteiger partial charge in [0, 0.05) is 5.02 Å². The van der Waals surface area contributed by atoms with E-state index in [1.165, 1.54) is 0 Å². The number of amides is 1. The summed E-state index contributed by atoms with van der Waals surface area (Å²) in [5, 5.41) is 9.93. The third-order valence-electron chi connectivity index (χ3n) is 1.67. The molecule has 6 heteroatoms. The molecule has 1 rings (SSSR count). The van der Waals surface area contributed by atoms with Gasteiger partial charge in [-0.1, -0.05) is 11.6 Å². The van der Waals surface area contributed by atoms with Gasteiger partial charge >= 0.3 is 6.09 Å². The van der Waals surface area contributed by atoms with Crippen LogP contribution in [-0.2, 0) is 4.74 Å². The van der Waals surface area contributed by atoms with Gasteiger partial charge in [-0.3, -0.25) is 0 Å². The van der Waals surface area contributed by atoms with E-state index in [-0.39, 0.29) is 13.2 Å². The molecular weight excluding hydrogens is 234 g/mol. The van der Waals surface area contributed by atoms with Gasteiger partial charge in [0.1, 0.15) is 25.1 Å². The Morgan fingerprint density at radius 2 is 2.00 bits per heavy atom. The minimum absolute atomic E-state index is 0.00884. The highest BCUT2D eigenvalue weighted by molar-refractivity contribution is 6.30. The largest absolute Gasteiger partial charge is 0.491 e. The van der Waals surface area contributed by atoms with E-state index in [4.69, 9.17) is 22.1 Å². The predicted octanol–water partition coefficient (Wildman–Crippen LogP) is 1.18. The number of benzene rings is 1. The summed E-state index contributed by atoms with van der Waals surface area (Å²) in [6.07, 6.45) is -1.84. The molecule has 0 saturated carbocycles. The molecular formula is C10H12ClNO4. The number of halogens is 1. The van der Waals surface area contributed by atoms with Crippen LogP contribution in [-0.4, -0.2) is 30.5 Å². The van der Waals surface area contributed by atoms with E-state index in [1.54, 1.807) is 24.3 Å². The lowest BCUT2D eigenvalue weighted by Gasteiger charge is -2.11. The first-order valence-electron chi connectivity index (χ1n) is 4.56. The molecule has 0 bridgehead atoms. The summed E-state index contributed by atoms with van der Waals surface area (Å²) in [6.45, 7) is -0.183. The first kappa shape index (κ1) is 12.6. The first-order valence-corrected chi connectivity index (χ1v) is 4.94. The van der Waals surface area contributed by atoms with E-state index in [0.29, 0.717) is 10.8 Å². The van der Waals surface area contributed by atoms with Crippen LogP contribution in [0.1, 0.15) is 0 Å². The van der Waals surface area contributed by atoms with Crippen LogP contribution >= 0.6 is 11.6 Å². The van der Waals surface area contributed by atoms with Crippen molar-refractivity contribution in [3.63, 3.8) is 0 Å². The fourth-order valence-electron chi connectivity index (χ4n) is 0.950. The number of rotatable bonds is 5. The molecule has 0 radical (unpaired) electrons. The Balaban J connectivity index is 2.28. The lowest BCUT2D eigenvalue weighted by Crippen LogP contribution is -2.27. The zero-order chi connectivity index (χ0) is 12.0. The highest BCUT2D eigenvalue weighted by Crippen LogP contribution is 2.15. The fourth-order valence-corrected chi connectivity index (χ4v) is 1.08. The average molecular weight is 246 g/mol. The third-order valence-corrected chi connectivity index (χ3v) is 1.93. The number of hydrogen-bond donors (Lipinski definition) is 2. The van der Waals surface area contributed by atoms with Gasteiger partial charge in [-0.15, -0.1) is 0 Å². The number of carbonyl (C=O) groups is 1. The van der Waals surface area contributed by atoms with Crippen molar-refractivity contribution in [3.8, 4) is 5.75 Å². The molecule has 0 spiro atoms. The zero-order valence-electron chi connectivity index (χ0n) is 8.43. The van der Waals surface area contributed by atoms with Crippen molar-refractivity contribution in [2.45, 2.75) is 6.10 Å². The zero-order valence-corrected chi connectivity index (χ0v) is 9.18. The molecule has 0 saturated heterocycles. The van der Waals surface area contributed by atoms with Gasteiger partial charge < -0.3 is 20.3 Å². The number of ether oxygens (including phenoxy) is 2. The molecule has 1 aromatic carbocycles. The molecule has 1 aromatic rings. The first-order chi connectivity index (χ1) is 7.58. The van der Waals surface area contributed by atoms with Crippen LogP contribution in [0, 0.1) is 0 Å². The van der Waals surface area contributed by atoms with Crippen LogP contribution in [0.2, 0.25) is 5.02 Å². The van der Waals surface area contributed by atoms with Gasteiger partial charge in [0.05, 0.1) is 0 Å². The van der Waals surface area contributed by atoms with E-state index in [2.05, 4.69) is 4.74 Å². The average Bonchev–Trinajstić information content (AvgIpc) is 2.25. The molecule has 0 aliphatic carbocycles. The van der Waals surface area contributed by atoms with Crippen molar-refractivity contribution in [3.05, 3.63) is 29.3 Å². The maximum Gasteiger partial charge on any atom is 0.404 e. The Morgan fingerprint density at radius 3 is 2.56 bits per heavy atom. The molecule has 1 amide bonds. The van der Waals surface area contributed by atoms with Crippen molar-refractivity contribution in [2.24, 2.45) is 5.73 Å². The van der Waals surface area contributed by atoms with E-state index >= 15 is 0 Å². The number of carbonyl (C=O) groups excluding carboxylic acids is 1. The number of hydrogen-bond acceptors (Lipinski definition) is 4. The van der Waals surface area contributed by atoms with Crippen LogP contribution in [0.5, 0.6) is 5.75 Å². The van der Waals surface area contributed by atoms with Crippen LogP contribution in [0.15, 0.2) is 24.3 Å². The van der Waals surface area contributed by atoms with Crippen molar-refractivity contribution in [1.29, 1.82) is 0 Å². The van der Waals surface area contributed by atoms with Gasteiger partial charge in [0.15, 0.2) is 0 Å². The Bertz CT molecular complexity index is 341. The monoisotopic (exact) mass is 245 g/mol. The van der Waals surface area contributed by atoms with Gasteiger partial charge in [-0.25, -0.2) is 4.79 Å². The molecule has 1 atom stereocenters. The van der Waals surface area contributed by atoms with E-state index in [1.807, 2.05) is 0 Å². The molecule has 0 aliphatic heterocycles. The predicted molar refractivity (Wildman–Crippen MR) is 58.5 cm³/mol. The summed E-state index contributed by atoms with van der Waals surface area (Å²) in [6, 6.07) is 6.68. The lowest BCUT2D eigenvalue weighted by molar-refractivity contribution is 0.0419. The highest BCUT2D eigenvalue weighted by atomic mass is 35.5. The topological polar surface area (TPSA) is 81.8 Å². The molecule has 16 heavy (non-hydrogen) atoms. The smallest absolute Gasteiger partial charge is 0.404 e. The van der Waals surface area contributed by atoms with Gasteiger partial charge in [0.2, 0.25) is 0 Å². The second-order valence-electron chi connectivity index (χ2n) is 3.05. The second-order valence-corrected chi connectivity index (χ2v) is 3.49. The molecule has 0 unspecified atom stereocenters. The van der Waals surface area contributed by atoms with Gasteiger partial charge in [-0.2, -0.15) is 0 Å². The molecule has 0 heterocycles. The van der Waals surface area contributed by atoms with Crippen LogP contribution in [0.4, 0.5) is 4.79 Å². The summed E-state index contributed by atoms with van der Waals surface area (Å²) >= 11 is 5.68. The van der Waals surface area contributed by atoms with E-state index in [0.717, 1.165) is 0 Å². The van der Waals surface area contributed by atoms with Crippen LogP contribution in [0.25, 0.3) is 0 Å². The van der Waals surface area contributed by atoms with Gasteiger partial charge in [-0.05, 0) is 24.3 Å². The maximum absolute atomic E-state index is 10.2. The standard InChI is InChI=1S/C10H12ClNO4/c11-7-1-3-9(4-2-7)15-5-8(13)6-16-10(12)14/h1-4,8,13H,5-6H2,(H2,12,14)/t8-/m0/s1.